The zero-order valence-corrected chi connectivity index (χ0v) is 13.6. The molecule has 1 heterocycles. The predicted octanol–water partition coefficient (Wildman–Crippen LogP) is 1.51. The first-order valence-electron chi connectivity index (χ1n) is 7.95. The molecule has 0 bridgehead atoms. The van der Waals surface area contributed by atoms with Crippen molar-refractivity contribution in [3.63, 3.8) is 0 Å². The third kappa shape index (κ3) is 4.45. The predicted molar refractivity (Wildman–Crippen MR) is 85.8 cm³/mol. The van der Waals surface area contributed by atoms with Crippen molar-refractivity contribution in [1.29, 1.82) is 0 Å². The number of benzene rings is 1. The second kappa shape index (κ2) is 7.61. The molecule has 5 nitrogen and oxygen atoms in total. The summed E-state index contributed by atoms with van der Waals surface area (Å²) < 4.78 is 5.94. The van der Waals surface area contributed by atoms with Crippen LogP contribution in [0.15, 0.2) is 18.2 Å². The minimum atomic E-state index is -0.431. The van der Waals surface area contributed by atoms with Crippen LogP contribution in [0.1, 0.15) is 37.8 Å². The summed E-state index contributed by atoms with van der Waals surface area (Å²) >= 11 is 0. The lowest BCUT2D eigenvalue weighted by Crippen LogP contribution is -2.40. The zero-order valence-electron chi connectivity index (χ0n) is 13.6. The summed E-state index contributed by atoms with van der Waals surface area (Å²) in [6.45, 7) is 7.05. The van der Waals surface area contributed by atoms with E-state index in [1.807, 2.05) is 32.0 Å². The maximum atomic E-state index is 12.1. The average molecular weight is 306 g/mol. The highest BCUT2D eigenvalue weighted by Gasteiger charge is 2.27. The monoisotopic (exact) mass is 306 g/mol. The molecule has 0 radical (unpaired) electrons. The van der Waals surface area contributed by atoms with Gasteiger partial charge in [-0.2, -0.15) is 0 Å². The van der Waals surface area contributed by atoms with Gasteiger partial charge in [0.05, 0.1) is 18.2 Å². The van der Waals surface area contributed by atoms with Crippen molar-refractivity contribution in [1.82, 2.24) is 10.6 Å². The van der Waals surface area contributed by atoms with Crippen molar-refractivity contribution in [2.24, 2.45) is 0 Å². The molecule has 0 spiro atoms. The van der Waals surface area contributed by atoms with Gasteiger partial charge in [-0.3, -0.25) is 4.79 Å². The van der Waals surface area contributed by atoms with Crippen LogP contribution in [-0.4, -0.2) is 35.8 Å². The smallest absolute Gasteiger partial charge is 0.237 e. The molecule has 1 fully saturated rings. The summed E-state index contributed by atoms with van der Waals surface area (Å²) in [5.41, 5.74) is 2.10. The Bertz CT molecular complexity index is 519. The third-order valence-electron chi connectivity index (χ3n) is 4.00. The van der Waals surface area contributed by atoms with Gasteiger partial charge in [0.2, 0.25) is 5.91 Å². The summed E-state index contributed by atoms with van der Waals surface area (Å²) in [7, 11) is 0. The normalized spacial score (nSPS) is 22.4. The Morgan fingerprint density at radius 2 is 2.32 bits per heavy atom. The number of hydrogen-bond donors (Lipinski definition) is 3. The van der Waals surface area contributed by atoms with Crippen molar-refractivity contribution in [2.45, 2.75) is 58.4 Å². The molecule has 0 saturated carbocycles. The molecule has 3 N–H and O–H groups in total. The number of nitrogens with one attached hydrogen (secondary N) is 2. The number of ether oxygens (including phenoxy) is 1. The van der Waals surface area contributed by atoms with Crippen molar-refractivity contribution >= 4 is 5.91 Å². The molecule has 0 aromatic heterocycles. The number of aliphatic hydroxyl groups is 1. The van der Waals surface area contributed by atoms with Crippen LogP contribution in [0.25, 0.3) is 0 Å². The van der Waals surface area contributed by atoms with Crippen LogP contribution >= 0.6 is 0 Å². The lowest BCUT2D eigenvalue weighted by Gasteiger charge is -2.18. The van der Waals surface area contributed by atoms with Crippen molar-refractivity contribution in [3.8, 4) is 5.75 Å². The van der Waals surface area contributed by atoms with Crippen LogP contribution in [-0.2, 0) is 11.3 Å². The van der Waals surface area contributed by atoms with Crippen LogP contribution < -0.4 is 15.4 Å². The lowest BCUT2D eigenvalue weighted by atomic mass is 10.1. The molecule has 1 aliphatic heterocycles. The van der Waals surface area contributed by atoms with E-state index < -0.39 is 6.10 Å². The first kappa shape index (κ1) is 16.8. The summed E-state index contributed by atoms with van der Waals surface area (Å²) in [4.78, 5) is 12.1. The van der Waals surface area contributed by atoms with E-state index in [4.69, 9.17) is 4.74 Å². The topological polar surface area (TPSA) is 70.6 Å². The van der Waals surface area contributed by atoms with Crippen LogP contribution in [0.4, 0.5) is 0 Å². The minimum absolute atomic E-state index is 0.0772. The van der Waals surface area contributed by atoms with Gasteiger partial charge in [-0.15, -0.1) is 0 Å². The van der Waals surface area contributed by atoms with Gasteiger partial charge in [-0.05, 0) is 38.3 Å². The minimum Gasteiger partial charge on any atom is -0.490 e. The lowest BCUT2D eigenvalue weighted by molar-refractivity contribution is -0.123. The Morgan fingerprint density at radius 3 is 2.95 bits per heavy atom. The fraction of sp³-hybridized carbons (Fsp3) is 0.588. The van der Waals surface area contributed by atoms with Crippen LogP contribution in [0.5, 0.6) is 5.75 Å². The summed E-state index contributed by atoms with van der Waals surface area (Å²) in [5, 5.41) is 15.4. The number of β-amino-alcohol motifs (C(OH)–C–C–N with tert-alkyl or cyclic N) is 1. The molecule has 1 aromatic carbocycles. The van der Waals surface area contributed by atoms with Gasteiger partial charge in [0.1, 0.15) is 5.75 Å². The molecule has 0 aliphatic carbocycles. The van der Waals surface area contributed by atoms with Crippen molar-refractivity contribution in [2.75, 3.05) is 6.54 Å². The van der Waals surface area contributed by atoms with Gasteiger partial charge in [0.25, 0.3) is 0 Å². The first-order valence-corrected chi connectivity index (χ1v) is 7.95. The summed E-state index contributed by atoms with van der Waals surface area (Å²) in [5.74, 6) is 0.751. The fourth-order valence-corrected chi connectivity index (χ4v) is 2.44. The Kier molecular flexibility index (Phi) is 5.80. The Hall–Kier alpha value is -1.59. The van der Waals surface area contributed by atoms with Gasteiger partial charge in [0.15, 0.2) is 0 Å². The van der Waals surface area contributed by atoms with E-state index in [1.54, 1.807) is 0 Å². The molecular formula is C17H26N2O3. The van der Waals surface area contributed by atoms with Gasteiger partial charge in [-0.25, -0.2) is 0 Å². The second-order valence-corrected chi connectivity index (χ2v) is 6.02. The number of hydrogen-bond acceptors (Lipinski definition) is 4. The molecule has 2 rings (SSSR count). The Morgan fingerprint density at radius 1 is 1.55 bits per heavy atom. The molecule has 1 aliphatic rings. The molecule has 22 heavy (non-hydrogen) atoms. The molecule has 1 amide bonds. The Balaban J connectivity index is 1.98. The van der Waals surface area contributed by atoms with E-state index in [1.165, 1.54) is 0 Å². The van der Waals surface area contributed by atoms with E-state index in [0.717, 1.165) is 23.3 Å². The molecule has 1 aromatic rings. The average Bonchev–Trinajstić information content (AvgIpc) is 2.92. The number of carbonyl (C=O) groups is 1. The van der Waals surface area contributed by atoms with Crippen molar-refractivity contribution < 1.29 is 14.6 Å². The highest BCUT2D eigenvalue weighted by Crippen LogP contribution is 2.22. The van der Waals surface area contributed by atoms with Crippen LogP contribution in [0, 0.1) is 6.92 Å². The molecular weight excluding hydrogens is 280 g/mol. The Labute approximate surface area is 132 Å². The first-order chi connectivity index (χ1) is 10.5. The number of rotatable bonds is 6. The quantitative estimate of drug-likeness (QED) is 0.745. The highest BCUT2D eigenvalue weighted by atomic mass is 16.5. The van der Waals surface area contributed by atoms with Crippen LogP contribution in [0.3, 0.4) is 0 Å². The van der Waals surface area contributed by atoms with E-state index in [9.17, 15) is 9.90 Å². The maximum absolute atomic E-state index is 12.1. The van der Waals surface area contributed by atoms with E-state index in [2.05, 4.69) is 17.6 Å². The maximum Gasteiger partial charge on any atom is 0.237 e. The second-order valence-electron chi connectivity index (χ2n) is 6.02. The van der Waals surface area contributed by atoms with E-state index in [-0.39, 0.29) is 18.1 Å². The SMILES string of the molecule is CCC(C)Oc1cc(C)ccc1CNC(=O)C1CC(O)CN1. The van der Waals surface area contributed by atoms with E-state index in [0.29, 0.717) is 19.5 Å². The molecule has 3 unspecified atom stereocenters. The van der Waals surface area contributed by atoms with Gasteiger partial charge >= 0.3 is 0 Å². The summed E-state index contributed by atoms with van der Waals surface area (Å²) in [6, 6.07) is 5.71. The van der Waals surface area contributed by atoms with E-state index >= 15 is 0 Å². The summed E-state index contributed by atoms with van der Waals surface area (Å²) in [6.07, 6.45) is 1.11. The fourth-order valence-electron chi connectivity index (χ4n) is 2.44. The highest BCUT2D eigenvalue weighted by molar-refractivity contribution is 5.82. The molecule has 1 saturated heterocycles. The van der Waals surface area contributed by atoms with Gasteiger partial charge in [-0.1, -0.05) is 19.1 Å². The largest absolute Gasteiger partial charge is 0.490 e. The number of carbonyl (C=O) groups excluding carboxylic acids is 1. The van der Waals surface area contributed by atoms with Gasteiger partial charge in [0, 0.05) is 18.7 Å². The standard InChI is InChI=1S/C17H26N2O3/c1-4-12(3)22-16-7-11(2)5-6-13(16)9-19-17(21)15-8-14(20)10-18-15/h5-7,12,14-15,18,20H,4,8-10H2,1-3H3,(H,19,21). The van der Waals surface area contributed by atoms with Gasteiger partial charge < -0.3 is 20.5 Å². The molecule has 5 heteroatoms. The number of aliphatic hydroxyl groups excluding tert-OH is 1. The number of aryl methyl sites for hydroxylation is 1. The van der Waals surface area contributed by atoms with Crippen LogP contribution in [0.2, 0.25) is 0 Å². The molecule has 3 atom stereocenters. The molecule has 122 valence electrons. The third-order valence-corrected chi connectivity index (χ3v) is 4.00. The number of amides is 1. The van der Waals surface area contributed by atoms with Crippen molar-refractivity contribution in [3.05, 3.63) is 29.3 Å². The zero-order chi connectivity index (χ0) is 16.1.